The number of aliphatic hydroxyl groups excluding tert-OH is 1. The fraction of sp³-hybridized carbons (Fsp3) is 0.214. The van der Waals surface area contributed by atoms with Crippen LogP contribution in [0.5, 0.6) is 0 Å². The van der Waals surface area contributed by atoms with E-state index in [0.717, 1.165) is 16.5 Å². The maximum atomic E-state index is 10.3. The Morgan fingerprint density at radius 3 is 3.00 bits per heavy atom. The highest BCUT2D eigenvalue weighted by molar-refractivity contribution is 5.84. The van der Waals surface area contributed by atoms with Gasteiger partial charge >= 0.3 is 0 Å². The van der Waals surface area contributed by atoms with Gasteiger partial charge in [-0.1, -0.05) is 24.3 Å². The average molecular weight is 227 g/mol. The number of hydrogen-bond donors (Lipinski definition) is 1. The molecule has 1 aliphatic rings. The zero-order valence-corrected chi connectivity index (χ0v) is 9.28. The highest BCUT2D eigenvalue weighted by Crippen LogP contribution is 2.29. The maximum absolute atomic E-state index is 10.3. The van der Waals surface area contributed by atoms with E-state index < -0.39 is 6.10 Å². The van der Waals surface area contributed by atoms with Crippen molar-refractivity contribution in [2.75, 3.05) is 6.61 Å². The van der Waals surface area contributed by atoms with Gasteiger partial charge in [-0.25, -0.2) is 0 Å². The number of aromatic nitrogens is 1. The molecule has 1 aromatic heterocycles. The molecule has 3 rings (SSSR count). The van der Waals surface area contributed by atoms with Crippen LogP contribution in [0.3, 0.4) is 0 Å². The van der Waals surface area contributed by atoms with Crippen LogP contribution in [0.1, 0.15) is 11.8 Å². The van der Waals surface area contributed by atoms with Crippen LogP contribution in [0.15, 0.2) is 48.9 Å². The van der Waals surface area contributed by atoms with Crippen LogP contribution in [-0.2, 0) is 4.74 Å². The van der Waals surface area contributed by atoms with Crippen LogP contribution in [0.25, 0.3) is 10.8 Å². The molecule has 0 saturated heterocycles. The molecule has 17 heavy (non-hydrogen) atoms. The third-order valence-corrected chi connectivity index (χ3v) is 3.10. The molecule has 0 bridgehead atoms. The largest absolute Gasteiger partial charge is 0.501 e. The second kappa shape index (κ2) is 4.18. The quantitative estimate of drug-likeness (QED) is 0.856. The fourth-order valence-electron chi connectivity index (χ4n) is 2.16. The smallest absolute Gasteiger partial charge is 0.106 e. The Labute approximate surface area is 99.4 Å². The van der Waals surface area contributed by atoms with Gasteiger partial charge in [0, 0.05) is 17.5 Å². The molecule has 86 valence electrons. The molecular formula is C14H13NO2. The van der Waals surface area contributed by atoms with Crippen LogP contribution in [0.2, 0.25) is 0 Å². The summed E-state index contributed by atoms with van der Waals surface area (Å²) >= 11 is 0. The number of rotatable bonds is 2. The zero-order valence-electron chi connectivity index (χ0n) is 9.28. The number of hydrogen-bond acceptors (Lipinski definition) is 3. The minimum Gasteiger partial charge on any atom is -0.501 e. The van der Waals surface area contributed by atoms with Gasteiger partial charge in [-0.05, 0) is 17.5 Å². The summed E-state index contributed by atoms with van der Waals surface area (Å²) in [6.07, 6.45) is 4.65. The van der Waals surface area contributed by atoms with Gasteiger partial charge in [0.25, 0.3) is 0 Å². The highest BCUT2D eigenvalue weighted by Gasteiger charge is 2.24. The number of pyridine rings is 1. The Kier molecular flexibility index (Phi) is 2.53. The van der Waals surface area contributed by atoms with Crippen LogP contribution in [-0.4, -0.2) is 16.7 Å². The summed E-state index contributed by atoms with van der Waals surface area (Å²) in [5.41, 5.74) is 0.725. The molecule has 0 radical (unpaired) electrons. The molecule has 0 saturated carbocycles. The zero-order chi connectivity index (χ0) is 11.7. The van der Waals surface area contributed by atoms with Gasteiger partial charge in [-0.15, -0.1) is 0 Å². The van der Waals surface area contributed by atoms with Crippen molar-refractivity contribution in [3.05, 3.63) is 54.6 Å². The van der Waals surface area contributed by atoms with Crippen molar-refractivity contribution in [1.29, 1.82) is 0 Å². The van der Waals surface area contributed by atoms with E-state index in [0.29, 0.717) is 6.61 Å². The monoisotopic (exact) mass is 227 g/mol. The molecule has 2 heterocycles. The van der Waals surface area contributed by atoms with Gasteiger partial charge in [-0.3, -0.25) is 4.98 Å². The van der Waals surface area contributed by atoms with Crippen molar-refractivity contribution in [3.63, 3.8) is 0 Å². The molecule has 0 spiro atoms. The molecule has 3 nitrogen and oxygen atoms in total. The summed E-state index contributed by atoms with van der Waals surface area (Å²) < 4.78 is 5.14. The first-order valence-corrected chi connectivity index (χ1v) is 5.66. The molecule has 2 unspecified atom stereocenters. The normalized spacial score (nSPS) is 20.4. The molecule has 0 amide bonds. The van der Waals surface area contributed by atoms with Crippen molar-refractivity contribution in [1.82, 2.24) is 4.98 Å². The molecule has 3 heteroatoms. The van der Waals surface area contributed by atoms with E-state index in [1.807, 2.05) is 36.4 Å². The Hall–Kier alpha value is -1.87. The van der Waals surface area contributed by atoms with E-state index in [9.17, 15) is 5.11 Å². The van der Waals surface area contributed by atoms with Gasteiger partial charge in [-0.2, -0.15) is 0 Å². The van der Waals surface area contributed by atoms with Crippen molar-refractivity contribution < 1.29 is 9.84 Å². The summed E-state index contributed by atoms with van der Waals surface area (Å²) in [5.74, 6) is -0.00620. The summed E-state index contributed by atoms with van der Waals surface area (Å²) in [6, 6.07) is 9.90. The molecule has 1 aliphatic heterocycles. The van der Waals surface area contributed by atoms with E-state index in [1.54, 1.807) is 12.5 Å². The predicted octanol–water partition coefficient (Wildman–Crippen LogP) is 2.43. The van der Waals surface area contributed by atoms with Crippen LogP contribution in [0.4, 0.5) is 0 Å². The summed E-state index contributed by atoms with van der Waals surface area (Å²) in [4.78, 5) is 4.31. The molecular weight excluding hydrogens is 214 g/mol. The molecule has 0 fully saturated rings. The lowest BCUT2D eigenvalue weighted by atomic mass is 9.97. The third-order valence-electron chi connectivity index (χ3n) is 3.10. The molecule has 2 atom stereocenters. The Morgan fingerprint density at radius 2 is 2.18 bits per heavy atom. The summed E-state index contributed by atoms with van der Waals surface area (Å²) in [5, 5.41) is 12.4. The first-order valence-electron chi connectivity index (χ1n) is 5.66. The topological polar surface area (TPSA) is 42.4 Å². The summed E-state index contributed by atoms with van der Waals surface area (Å²) in [6.45, 7) is 0.520. The van der Waals surface area contributed by atoms with E-state index in [1.165, 1.54) is 0 Å². The average Bonchev–Trinajstić information content (AvgIpc) is 2.91. The van der Waals surface area contributed by atoms with Crippen molar-refractivity contribution >= 4 is 10.8 Å². The van der Waals surface area contributed by atoms with E-state index in [4.69, 9.17) is 4.74 Å². The second-order valence-electron chi connectivity index (χ2n) is 4.19. The first kappa shape index (κ1) is 10.3. The Bertz CT molecular complexity index is 560. The van der Waals surface area contributed by atoms with E-state index in [-0.39, 0.29) is 5.92 Å². The fourth-order valence-corrected chi connectivity index (χ4v) is 2.16. The highest BCUT2D eigenvalue weighted by atomic mass is 16.5. The first-order chi connectivity index (χ1) is 8.36. The summed E-state index contributed by atoms with van der Waals surface area (Å²) in [7, 11) is 0. The Balaban J connectivity index is 2.07. The lowest BCUT2D eigenvalue weighted by Gasteiger charge is -2.16. The second-order valence-corrected chi connectivity index (χ2v) is 4.19. The molecule has 2 aromatic rings. The van der Waals surface area contributed by atoms with Crippen LogP contribution < -0.4 is 0 Å². The van der Waals surface area contributed by atoms with Crippen molar-refractivity contribution in [2.45, 2.75) is 6.10 Å². The third kappa shape index (κ3) is 1.78. The van der Waals surface area contributed by atoms with Crippen molar-refractivity contribution in [3.8, 4) is 0 Å². The number of aliphatic hydroxyl groups is 1. The molecule has 0 aliphatic carbocycles. The predicted molar refractivity (Wildman–Crippen MR) is 65.3 cm³/mol. The van der Waals surface area contributed by atoms with E-state index >= 15 is 0 Å². The molecule has 1 aromatic carbocycles. The van der Waals surface area contributed by atoms with Gasteiger partial charge in [0.15, 0.2) is 0 Å². The lowest BCUT2D eigenvalue weighted by molar-refractivity contribution is 0.100. The molecule has 1 N–H and O–H groups in total. The number of nitrogens with zero attached hydrogens (tertiary/aromatic N) is 1. The van der Waals surface area contributed by atoms with Gasteiger partial charge in [0.05, 0.1) is 18.6 Å². The van der Waals surface area contributed by atoms with Gasteiger partial charge in [0.1, 0.15) is 6.10 Å². The van der Waals surface area contributed by atoms with Crippen molar-refractivity contribution in [2.24, 2.45) is 5.92 Å². The Morgan fingerprint density at radius 1 is 1.29 bits per heavy atom. The van der Waals surface area contributed by atoms with Gasteiger partial charge < -0.3 is 9.84 Å². The minimum atomic E-state index is -0.611. The van der Waals surface area contributed by atoms with Gasteiger partial charge in [0.2, 0.25) is 0 Å². The number of benzene rings is 1. The minimum absolute atomic E-state index is 0.00620. The number of fused-ring (bicyclic) bond motifs is 1. The SMILES string of the molecule is OC(c1nccc2ccccc12)C1C=COC1. The lowest BCUT2D eigenvalue weighted by Crippen LogP contribution is -2.13. The van der Waals surface area contributed by atoms with Crippen LogP contribution in [0, 0.1) is 5.92 Å². The van der Waals surface area contributed by atoms with E-state index in [2.05, 4.69) is 4.98 Å². The van der Waals surface area contributed by atoms with Crippen LogP contribution >= 0.6 is 0 Å². The maximum Gasteiger partial charge on any atom is 0.106 e. The standard InChI is InChI=1S/C14H13NO2/c16-14(11-6-8-17-9-11)13-12-4-2-1-3-10(12)5-7-15-13/h1-8,11,14,16H,9H2. The number of ether oxygens (including phenoxy) is 1.